The van der Waals surface area contributed by atoms with Crippen molar-refractivity contribution in [3.8, 4) is 0 Å². The van der Waals surface area contributed by atoms with Crippen molar-refractivity contribution < 1.29 is 28.8 Å². The minimum Gasteiger partial charge on any atom is -0.461 e. The molecule has 1 aromatic rings. The van der Waals surface area contributed by atoms with Crippen molar-refractivity contribution in [1.29, 1.82) is 0 Å². The Morgan fingerprint density at radius 2 is 1.97 bits per heavy atom. The quantitative estimate of drug-likeness (QED) is 0.140. The summed E-state index contributed by atoms with van der Waals surface area (Å²) in [6.07, 6.45) is 1.55. The second-order valence-electron chi connectivity index (χ2n) is 7.31. The molecular formula is C20H22N4O7S. The highest BCUT2D eigenvalue weighted by Crippen LogP contribution is 2.42. The van der Waals surface area contributed by atoms with Crippen LogP contribution in [0, 0.1) is 10.1 Å². The summed E-state index contributed by atoms with van der Waals surface area (Å²) in [6.45, 7) is 0.988. The number of nitrogens with zero attached hydrogens (tertiary/aromatic N) is 4. The lowest BCUT2D eigenvalue weighted by molar-refractivity contribution is -0.384. The fraction of sp³-hybridized carbons (Fsp3) is 0.400. The molecule has 170 valence electrons. The minimum absolute atomic E-state index is 0.0539. The smallest absolute Gasteiger partial charge is 0.355 e. The molecule has 0 aliphatic carbocycles. The van der Waals surface area contributed by atoms with Gasteiger partial charge in [-0.25, -0.2) is 4.79 Å². The summed E-state index contributed by atoms with van der Waals surface area (Å²) in [6, 6.07) is 4.98. The molecule has 3 rings (SSSR count). The maximum atomic E-state index is 12.9. The van der Waals surface area contributed by atoms with Gasteiger partial charge in [-0.2, -0.15) is 0 Å². The lowest BCUT2D eigenvalue weighted by Crippen LogP contribution is -2.64. The van der Waals surface area contributed by atoms with Crippen LogP contribution in [-0.2, 0) is 30.5 Å². The molecule has 2 atom stereocenters. The van der Waals surface area contributed by atoms with Crippen molar-refractivity contribution in [3.63, 3.8) is 0 Å². The van der Waals surface area contributed by atoms with E-state index in [1.165, 1.54) is 47.9 Å². The van der Waals surface area contributed by atoms with Gasteiger partial charge in [0.15, 0.2) is 6.04 Å². The average molecular weight is 462 g/mol. The first-order valence-corrected chi connectivity index (χ1v) is 10.6. The van der Waals surface area contributed by atoms with E-state index in [4.69, 9.17) is 9.47 Å². The molecule has 2 heterocycles. The molecule has 0 aromatic heterocycles. The van der Waals surface area contributed by atoms with E-state index in [1.807, 2.05) is 0 Å². The van der Waals surface area contributed by atoms with Crippen LogP contribution in [0.25, 0.3) is 0 Å². The molecule has 2 aliphatic heterocycles. The number of aliphatic imine (C=N–C) groups is 1. The molecule has 1 saturated heterocycles. The van der Waals surface area contributed by atoms with Crippen LogP contribution in [0.1, 0.15) is 12.5 Å². The number of amides is 1. The Kier molecular flexibility index (Phi) is 7.13. The van der Waals surface area contributed by atoms with Crippen LogP contribution in [0.5, 0.6) is 0 Å². The number of nitro groups is 1. The molecule has 0 radical (unpaired) electrons. The Morgan fingerprint density at radius 3 is 2.56 bits per heavy atom. The molecule has 1 aromatic carbocycles. The van der Waals surface area contributed by atoms with Gasteiger partial charge in [-0.3, -0.25) is 29.6 Å². The van der Waals surface area contributed by atoms with Crippen molar-refractivity contribution in [2.45, 2.75) is 24.9 Å². The Morgan fingerprint density at radius 1 is 1.28 bits per heavy atom. The Bertz CT molecular complexity index is 990. The van der Waals surface area contributed by atoms with Crippen LogP contribution >= 0.6 is 11.8 Å². The second kappa shape index (κ2) is 9.81. The van der Waals surface area contributed by atoms with Crippen LogP contribution in [0.15, 0.2) is 40.5 Å². The molecule has 0 bridgehead atoms. The molecule has 1 fully saturated rings. The number of hydrogen-bond acceptors (Lipinski definition) is 9. The van der Waals surface area contributed by atoms with E-state index in [2.05, 4.69) is 4.99 Å². The van der Waals surface area contributed by atoms with Gasteiger partial charge >= 0.3 is 11.9 Å². The predicted octanol–water partition coefficient (Wildman–Crippen LogP) is 1.33. The fourth-order valence-electron chi connectivity index (χ4n) is 3.09. The first kappa shape index (κ1) is 23.3. The highest BCUT2D eigenvalue weighted by molar-refractivity contribution is 8.00. The Hall–Kier alpha value is -3.41. The molecule has 0 saturated carbocycles. The van der Waals surface area contributed by atoms with Crippen LogP contribution in [0.3, 0.4) is 0 Å². The van der Waals surface area contributed by atoms with Gasteiger partial charge in [0.2, 0.25) is 0 Å². The van der Waals surface area contributed by atoms with Crippen LogP contribution < -0.4 is 0 Å². The van der Waals surface area contributed by atoms with Crippen LogP contribution in [-0.4, -0.2) is 76.8 Å². The Labute approximate surface area is 188 Å². The summed E-state index contributed by atoms with van der Waals surface area (Å²) in [5.41, 5.74) is 1.00. The first-order chi connectivity index (χ1) is 15.2. The van der Waals surface area contributed by atoms with E-state index in [-0.39, 0.29) is 35.9 Å². The number of thioether (sulfide) groups is 1. The molecule has 32 heavy (non-hydrogen) atoms. The number of nitro benzene ring substituents is 1. The van der Waals surface area contributed by atoms with Gasteiger partial charge in [0.05, 0.1) is 11.3 Å². The van der Waals surface area contributed by atoms with Gasteiger partial charge in [-0.05, 0) is 17.7 Å². The summed E-state index contributed by atoms with van der Waals surface area (Å²) in [5, 5.41) is 10.4. The lowest BCUT2D eigenvalue weighted by atomic mass is 10.0. The summed E-state index contributed by atoms with van der Waals surface area (Å²) < 4.78 is 10.4. The fourth-order valence-corrected chi connectivity index (χ4v) is 4.41. The molecule has 0 N–H and O–H groups in total. The van der Waals surface area contributed by atoms with Crippen LogP contribution in [0.2, 0.25) is 0 Å². The van der Waals surface area contributed by atoms with Gasteiger partial charge in [0.25, 0.3) is 11.6 Å². The van der Waals surface area contributed by atoms with Gasteiger partial charge in [-0.1, -0.05) is 0 Å². The number of carbonyl (C=O) groups excluding carboxylic acids is 3. The van der Waals surface area contributed by atoms with E-state index in [1.54, 1.807) is 25.3 Å². The zero-order chi connectivity index (χ0) is 23.4. The zero-order valence-corrected chi connectivity index (χ0v) is 18.5. The highest BCUT2D eigenvalue weighted by Gasteiger charge is 2.54. The maximum absolute atomic E-state index is 12.9. The highest BCUT2D eigenvalue weighted by atomic mass is 32.2. The third-order valence-electron chi connectivity index (χ3n) is 4.64. The largest absolute Gasteiger partial charge is 0.461 e. The van der Waals surface area contributed by atoms with E-state index in [0.29, 0.717) is 16.9 Å². The number of ether oxygens (including phenoxy) is 2. The van der Waals surface area contributed by atoms with Crippen molar-refractivity contribution in [3.05, 3.63) is 51.2 Å². The molecule has 0 unspecified atom stereocenters. The van der Waals surface area contributed by atoms with Crippen molar-refractivity contribution >= 4 is 41.6 Å². The second-order valence-corrected chi connectivity index (χ2v) is 8.42. The van der Waals surface area contributed by atoms with Crippen molar-refractivity contribution in [1.82, 2.24) is 9.80 Å². The number of rotatable bonds is 8. The van der Waals surface area contributed by atoms with E-state index >= 15 is 0 Å². The molecular weight excluding hydrogens is 440 g/mol. The lowest BCUT2D eigenvalue weighted by Gasteiger charge is -2.48. The summed E-state index contributed by atoms with van der Waals surface area (Å²) in [5.74, 6) is -1.22. The van der Waals surface area contributed by atoms with Gasteiger partial charge in [-0.15, -0.1) is 11.8 Å². The maximum Gasteiger partial charge on any atom is 0.355 e. The molecule has 0 spiro atoms. The summed E-state index contributed by atoms with van der Waals surface area (Å²) in [4.78, 5) is 54.5. The summed E-state index contributed by atoms with van der Waals surface area (Å²) >= 11 is 1.43. The SMILES string of the molecule is CC(=O)OCC1=C(C(=O)OCc2ccc([N+](=O)[O-])cc2)N2C(=O)[C@H](N=CN(C)C)[C@H]2SC1. The van der Waals surface area contributed by atoms with Gasteiger partial charge < -0.3 is 14.4 Å². The third-order valence-corrected chi connectivity index (χ3v) is 5.96. The summed E-state index contributed by atoms with van der Waals surface area (Å²) in [7, 11) is 3.58. The normalized spacial score (nSPS) is 20.0. The number of esters is 2. The first-order valence-electron chi connectivity index (χ1n) is 9.59. The van der Waals surface area contributed by atoms with Crippen molar-refractivity contribution in [2.24, 2.45) is 4.99 Å². The number of β-lactam (4-membered cyclic amide) rings is 1. The van der Waals surface area contributed by atoms with E-state index in [0.717, 1.165) is 0 Å². The zero-order valence-electron chi connectivity index (χ0n) is 17.7. The molecule has 2 aliphatic rings. The minimum atomic E-state index is -0.737. The molecule has 12 heteroatoms. The number of non-ortho nitro benzene ring substituents is 1. The average Bonchev–Trinajstić information content (AvgIpc) is 2.75. The predicted molar refractivity (Wildman–Crippen MR) is 116 cm³/mol. The number of carbonyl (C=O) groups is 3. The third kappa shape index (κ3) is 5.07. The van der Waals surface area contributed by atoms with E-state index in [9.17, 15) is 24.5 Å². The number of hydrogen-bond donors (Lipinski definition) is 0. The monoisotopic (exact) mass is 462 g/mol. The van der Waals surface area contributed by atoms with Crippen molar-refractivity contribution in [2.75, 3.05) is 26.5 Å². The van der Waals surface area contributed by atoms with E-state index < -0.39 is 22.9 Å². The number of benzene rings is 1. The molecule has 11 nitrogen and oxygen atoms in total. The standard InChI is InChI=1S/C20H22N4O7S/c1-12(25)30-9-14-10-32-19-16(21-11-22(2)3)18(26)23(19)17(14)20(27)31-8-13-4-6-15(7-5-13)24(28)29/h4-7,11,16,19H,8-10H2,1-3H3/t16-,19+/m0/s1. The number of fused-ring (bicyclic) bond motifs is 1. The van der Waals surface area contributed by atoms with Gasteiger partial charge in [0.1, 0.15) is 24.3 Å². The molecule has 1 amide bonds. The van der Waals surface area contributed by atoms with Gasteiger partial charge in [0, 0.05) is 44.5 Å². The Balaban J connectivity index is 1.78. The topological polar surface area (TPSA) is 132 Å². The van der Waals surface area contributed by atoms with Crippen LogP contribution in [0.4, 0.5) is 5.69 Å².